The van der Waals surface area contributed by atoms with Crippen LogP contribution in [0.15, 0.2) is 30.3 Å². The molecule has 0 aliphatic carbocycles. The molecule has 0 spiro atoms. The zero-order valence-corrected chi connectivity index (χ0v) is 12.1. The molecule has 0 bridgehead atoms. The Morgan fingerprint density at radius 2 is 1.94 bits per heavy atom. The Bertz CT molecular complexity index is 533. The molecule has 0 aliphatic rings. The van der Waals surface area contributed by atoms with Crippen LogP contribution in [0, 0.1) is 13.8 Å². The second-order valence-corrected chi connectivity index (χ2v) is 5.72. The minimum atomic E-state index is 0.234. The van der Waals surface area contributed by atoms with Crippen LogP contribution in [0.25, 0.3) is 0 Å². The molecule has 2 aromatic rings. The van der Waals surface area contributed by atoms with Crippen molar-refractivity contribution in [3.8, 4) is 5.75 Å². The Labute approximate surface area is 113 Å². The van der Waals surface area contributed by atoms with Gasteiger partial charge in [-0.25, -0.2) is 0 Å². The van der Waals surface area contributed by atoms with Gasteiger partial charge >= 0.3 is 0 Å². The van der Waals surface area contributed by atoms with E-state index in [2.05, 4.69) is 49.5 Å². The molecule has 0 saturated heterocycles. The molecule has 1 N–H and O–H groups in total. The summed E-state index contributed by atoms with van der Waals surface area (Å²) in [7, 11) is 3.71. The highest BCUT2D eigenvalue weighted by atomic mass is 32.1. The van der Waals surface area contributed by atoms with Gasteiger partial charge in [0.15, 0.2) is 0 Å². The highest BCUT2D eigenvalue weighted by Gasteiger charge is 2.15. The van der Waals surface area contributed by atoms with E-state index in [0.717, 1.165) is 5.75 Å². The number of rotatable bonds is 4. The Morgan fingerprint density at radius 3 is 2.50 bits per heavy atom. The number of hydrogen-bond acceptors (Lipinski definition) is 3. The van der Waals surface area contributed by atoms with Crippen molar-refractivity contribution in [3.05, 3.63) is 51.2 Å². The SMILES string of the molecule is CNC(c1ccc(C)c(OC)c1)c1ccc(C)s1. The molecule has 96 valence electrons. The van der Waals surface area contributed by atoms with Crippen molar-refractivity contribution in [2.24, 2.45) is 0 Å². The van der Waals surface area contributed by atoms with Crippen molar-refractivity contribution >= 4 is 11.3 Å². The molecule has 0 radical (unpaired) electrons. The number of aryl methyl sites for hydroxylation is 2. The van der Waals surface area contributed by atoms with Gasteiger partial charge < -0.3 is 10.1 Å². The molecule has 0 saturated carbocycles. The van der Waals surface area contributed by atoms with E-state index < -0.39 is 0 Å². The normalized spacial score (nSPS) is 12.4. The molecule has 0 amide bonds. The summed E-state index contributed by atoms with van der Waals surface area (Å²) >= 11 is 1.83. The first-order chi connectivity index (χ1) is 8.65. The lowest BCUT2D eigenvalue weighted by molar-refractivity contribution is 0.410. The van der Waals surface area contributed by atoms with E-state index in [4.69, 9.17) is 4.74 Å². The topological polar surface area (TPSA) is 21.3 Å². The summed E-state index contributed by atoms with van der Waals surface area (Å²) in [5.74, 6) is 0.945. The minimum Gasteiger partial charge on any atom is -0.496 e. The van der Waals surface area contributed by atoms with Crippen molar-refractivity contribution in [2.75, 3.05) is 14.2 Å². The largest absolute Gasteiger partial charge is 0.496 e. The molecule has 1 heterocycles. The van der Waals surface area contributed by atoms with Crippen LogP contribution in [0.3, 0.4) is 0 Å². The maximum Gasteiger partial charge on any atom is 0.122 e. The molecule has 2 rings (SSSR count). The molecule has 1 aromatic carbocycles. The third-order valence-electron chi connectivity index (χ3n) is 3.10. The van der Waals surface area contributed by atoms with Crippen molar-refractivity contribution in [3.63, 3.8) is 0 Å². The van der Waals surface area contributed by atoms with Gasteiger partial charge in [-0.3, -0.25) is 0 Å². The number of benzene rings is 1. The molecule has 2 nitrogen and oxygen atoms in total. The van der Waals surface area contributed by atoms with Crippen molar-refractivity contribution in [2.45, 2.75) is 19.9 Å². The van der Waals surface area contributed by atoms with Gasteiger partial charge in [-0.15, -0.1) is 11.3 Å². The lowest BCUT2D eigenvalue weighted by atomic mass is 10.0. The summed E-state index contributed by atoms with van der Waals surface area (Å²) in [6, 6.07) is 11.0. The average molecular weight is 261 g/mol. The standard InChI is InChI=1S/C15H19NOS/c1-10-5-7-12(9-13(10)17-4)15(16-3)14-8-6-11(2)18-14/h5-9,15-16H,1-4H3. The van der Waals surface area contributed by atoms with Crippen molar-refractivity contribution in [1.82, 2.24) is 5.32 Å². The van der Waals surface area contributed by atoms with Crippen LogP contribution >= 0.6 is 11.3 Å². The van der Waals surface area contributed by atoms with E-state index in [-0.39, 0.29) is 6.04 Å². The molecule has 0 fully saturated rings. The van der Waals surface area contributed by atoms with E-state index in [1.165, 1.54) is 20.9 Å². The van der Waals surface area contributed by atoms with Gasteiger partial charge in [0.05, 0.1) is 13.2 Å². The molecular formula is C15H19NOS. The second kappa shape index (κ2) is 5.55. The maximum absolute atomic E-state index is 5.40. The highest BCUT2D eigenvalue weighted by Crippen LogP contribution is 2.30. The molecular weight excluding hydrogens is 242 g/mol. The van der Waals surface area contributed by atoms with Crippen LogP contribution in [0.4, 0.5) is 0 Å². The van der Waals surface area contributed by atoms with Gasteiger partial charge in [0.1, 0.15) is 5.75 Å². The second-order valence-electron chi connectivity index (χ2n) is 4.40. The van der Waals surface area contributed by atoms with Crippen molar-refractivity contribution < 1.29 is 4.74 Å². The number of ether oxygens (including phenoxy) is 1. The zero-order chi connectivity index (χ0) is 13.1. The van der Waals surface area contributed by atoms with Gasteiger partial charge in [-0.1, -0.05) is 12.1 Å². The summed E-state index contributed by atoms with van der Waals surface area (Å²) in [5, 5.41) is 3.37. The predicted molar refractivity (Wildman–Crippen MR) is 77.7 cm³/mol. The van der Waals surface area contributed by atoms with Gasteiger partial charge in [-0.2, -0.15) is 0 Å². The summed E-state index contributed by atoms with van der Waals surface area (Å²) in [5.41, 5.74) is 2.40. The maximum atomic E-state index is 5.40. The first-order valence-electron chi connectivity index (χ1n) is 6.04. The molecule has 1 unspecified atom stereocenters. The van der Waals surface area contributed by atoms with Crippen LogP contribution < -0.4 is 10.1 Å². The molecule has 0 aliphatic heterocycles. The minimum absolute atomic E-state index is 0.234. The van der Waals surface area contributed by atoms with Crippen LogP contribution in [-0.2, 0) is 0 Å². The van der Waals surface area contributed by atoms with Crippen LogP contribution in [0.1, 0.15) is 26.9 Å². The lowest BCUT2D eigenvalue weighted by Gasteiger charge is -2.17. The smallest absolute Gasteiger partial charge is 0.122 e. The van der Waals surface area contributed by atoms with Crippen molar-refractivity contribution in [1.29, 1.82) is 0 Å². The van der Waals surface area contributed by atoms with E-state index in [1.54, 1.807) is 7.11 Å². The number of methoxy groups -OCH3 is 1. The average Bonchev–Trinajstić information content (AvgIpc) is 2.79. The van der Waals surface area contributed by atoms with Gasteiger partial charge in [0.25, 0.3) is 0 Å². The number of thiophene rings is 1. The first-order valence-corrected chi connectivity index (χ1v) is 6.85. The fourth-order valence-electron chi connectivity index (χ4n) is 2.10. The highest BCUT2D eigenvalue weighted by molar-refractivity contribution is 7.12. The van der Waals surface area contributed by atoms with Gasteiger partial charge in [0, 0.05) is 9.75 Å². The van der Waals surface area contributed by atoms with Crippen LogP contribution in [0.5, 0.6) is 5.75 Å². The zero-order valence-electron chi connectivity index (χ0n) is 11.3. The van der Waals surface area contributed by atoms with E-state index in [9.17, 15) is 0 Å². The Balaban J connectivity index is 2.38. The molecule has 18 heavy (non-hydrogen) atoms. The van der Waals surface area contributed by atoms with E-state index in [1.807, 2.05) is 18.4 Å². The van der Waals surface area contributed by atoms with Gasteiger partial charge in [0.2, 0.25) is 0 Å². The summed E-state index contributed by atoms with van der Waals surface area (Å²) in [6.45, 7) is 4.20. The third-order valence-corrected chi connectivity index (χ3v) is 4.17. The fraction of sp³-hybridized carbons (Fsp3) is 0.333. The predicted octanol–water partition coefficient (Wildman–Crippen LogP) is 3.68. The number of nitrogens with one attached hydrogen (secondary N) is 1. The summed E-state index contributed by atoms with van der Waals surface area (Å²) < 4.78 is 5.40. The van der Waals surface area contributed by atoms with E-state index in [0.29, 0.717) is 0 Å². The Hall–Kier alpha value is -1.32. The van der Waals surface area contributed by atoms with Crippen LogP contribution in [-0.4, -0.2) is 14.2 Å². The fourth-order valence-corrected chi connectivity index (χ4v) is 3.11. The molecule has 1 aromatic heterocycles. The Kier molecular flexibility index (Phi) is 4.04. The summed E-state index contributed by atoms with van der Waals surface area (Å²) in [4.78, 5) is 2.67. The number of hydrogen-bond donors (Lipinski definition) is 1. The Morgan fingerprint density at radius 1 is 1.17 bits per heavy atom. The lowest BCUT2D eigenvalue weighted by Crippen LogP contribution is -2.16. The monoisotopic (exact) mass is 261 g/mol. The van der Waals surface area contributed by atoms with E-state index >= 15 is 0 Å². The molecule has 3 heteroatoms. The summed E-state index contributed by atoms with van der Waals surface area (Å²) in [6.07, 6.45) is 0. The van der Waals surface area contributed by atoms with Gasteiger partial charge in [-0.05, 0) is 50.2 Å². The first kappa shape index (κ1) is 13.1. The molecule has 1 atom stereocenters. The van der Waals surface area contributed by atoms with Crippen LogP contribution in [0.2, 0.25) is 0 Å². The quantitative estimate of drug-likeness (QED) is 0.906. The third kappa shape index (κ3) is 2.57.